The van der Waals surface area contributed by atoms with Gasteiger partial charge in [0.1, 0.15) is 0 Å². The summed E-state index contributed by atoms with van der Waals surface area (Å²) in [4.78, 5) is 25.4. The Bertz CT molecular complexity index is 755. The van der Waals surface area contributed by atoms with Gasteiger partial charge in [0, 0.05) is 58.6 Å². The smallest absolute Gasteiger partial charge is 0.230 e. The van der Waals surface area contributed by atoms with Gasteiger partial charge in [-0.25, -0.2) is 22.7 Å². The lowest BCUT2D eigenvalue weighted by Gasteiger charge is -2.34. The monoisotopic (exact) mass is 381 g/mol. The molecule has 9 heteroatoms. The summed E-state index contributed by atoms with van der Waals surface area (Å²) in [6.07, 6.45) is 4.72. The van der Waals surface area contributed by atoms with E-state index in [2.05, 4.69) is 9.97 Å². The molecule has 2 aliphatic heterocycles. The van der Waals surface area contributed by atoms with Crippen LogP contribution in [0.3, 0.4) is 0 Å². The van der Waals surface area contributed by atoms with Crippen molar-refractivity contribution in [3.63, 3.8) is 0 Å². The lowest BCUT2D eigenvalue weighted by atomic mass is 9.74. The Morgan fingerprint density at radius 2 is 2.00 bits per heavy atom. The van der Waals surface area contributed by atoms with Crippen LogP contribution in [0.1, 0.15) is 19.8 Å². The number of carbonyl (C=O) groups excluding carboxylic acids is 1. The largest absolute Gasteiger partial charge is 0.348 e. The second-order valence-corrected chi connectivity index (χ2v) is 9.60. The summed E-state index contributed by atoms with van der Waals surface area (Å²) in [5.74, 6) is 0.665. The highest BCUT2D eigenvalue weighted by molar-refractivity contribution is 7.89. The van der Waals surface area contributed by atoms with Crippen molar-refractivity contribution < 1.29 is 13.2 Å². The maximum Gasteiger partial charge on any atom is 0.230 e. The normalized spacial score (nSPS) is 27.0. The van der Waals surface area contributed by atoms with Gasteiger partial charge in [0.05, 0.1) is 11.2 Å². The Hall–Kier alpha value is -1.74. The number of nitrogens with zero attached hydrogens (tertiary/aromatic N) is 5. The van der Waals surface area contributed by atoms with Gasteiger partial charge in [-0.1, -0.05) is 0 Å². The van der Waals surface area contributed by atoms with Gasteiger partial charge in [0.15, 0.2) is 0 Å². The summed E-state index contributed by atoms with van der Waals surface area (Å²) < 4.78 is 26.5. The number of carbonyl (C=O) groups is 1. The van der Waals surface area contributed by atoms with Crippen molar-refractivity contribution in [2.75, 3.05) is 50.9 Å². The molecule has 144 valence electrons. The van der Waals surface area contributed by atoms with Crippen molar-refractivity contribution in [1.29, 1.82) is 0 Å². The summed E-state index contributed by atoms with van der Waals surface area (Å²) in [6, 6.07) is 1.76. The molecule has 1 aromatic heterocycles. The molecule has 0 bridgehead atoms. The van der Waals surface area contributed by atoms with Gasteiger partial charge >= 0.3 is 0 Å². The highest BCUT2D eigenvalue weighted by atomic mass is 32.2. The van der Waals surface area contributed by atoms with Gasteiger partial charge in [-0.05, 0) is 25.8 Å². The zero-order valence-corrected chi connectivity index (χ0v) is 16.4. The molecule has 1 amide bonds. The third kappa shape index (κ3) is 3.29. The second-order valence-electron chi connectivity index (χ2n) is 7.34. The summed E-state index contributed by atoms with van der Waals surface area (Å²) >= 11 is 0. The van der Waals surface area contributed by atoms with Gasteiger partial charge in [-0.2, -0.15) is 0 Å². The number of hydrogen-bond donors (Lipinski definition) is 0. The highest BCUT2D eigenvalue weighted by Crippen LogP contribution is 2.45. The zero-order valence-electron chi connectivity index (χ0n) is 15.6. The molecule has 0 N–H and O–H groups in total. The molecule has 3 rings (SSSR count). The number of hydrogen-bond acceptors (Lipinski definition) is 6. The molecule has 0 spiro atoms. The van der Waals surface area contributed by atoms with Crippen LogP contribution in [-0.4, -0.2) is 79.5 Å². The third-order valence-electron chi connectivity index (χ3n) is 5.57. The molecule has 2 saturated heterocycles. The average molecular weight is 382 g/mol. The van der Waals surface area contributed by atoms with Crippen LogP contribution in [0.25, 0.3) is 0 Å². The Balaban J connectivity index is 1.96. The van der Waals surface area contributed by atoms with E-state index in [-0.39, 0.29) is 17.6 Å². The first-order chi connectivity index (χ1) is 12.3. The number of rotatable bonds is 4. The number of anilines is 1. The molecule has 0 unspecified atom stereocenters. The van der Waals surface area contributed by atoms with Gasteiger partial charge in [-0.3, -0.25) is 4.79 Å². The molecular formula is C17H27N5O3S. The van der Waals surface area contributed by atoms with E-state index in [1.54, 1.807) is 48.7 Å². The van der Waals surface area contributed by atoms with Crippen molar-refractivity contribution in [3.05, 3.63) is 18.5 Å². The van der Waals surface area contributed by atoms with E-state index >= 15 is 0 Å². The molecule has 2 aliphatic rings. The fraction of sp³-hybridized carbons (Fsp3) is 0.706. The first-order valence-electron chi connectivity index (χ1n) is 9.01. The quantitative estimate of drug-likeness (QED) is 0.752. The fourth-order valence-corrected chi connectivity index (χ4v) is 5.41. The molecule has 2 atom stereocenters. The topological polar surface area (TPSA) is 86.7 Å². The van der Waals surface area contributed by atoms with E-state index in [0.717, 1.165) is 0 Å². The molecule has 0 aromatic carbocycles. The highest BCUT2D eigenvalue weighted by Gasteiger charge is 2.54. The van der Waals surface area contributed by atoms with Crippen LogP contribution in [0.4, 0.5) is 5.95 Å². The lowest BCUT2D eigenvalue weighted by Crippen LogP contribution is -2.47. The molecule has 0 aliphatic carbocycles. The molecule has 1 aromatic rings. The Morgan fingerprint density at radius 1 is 1.31 bits per heavy atom. The first-order valence-corrected chi connectivity index (χ1v) is 10.6. The Kier molecular flexibility index (Phi) is 5.21. The van der Waals surface area contributed by atoms with Gasteiger partial charge < -0.3 is 9.80 Å². The van der Waals surface area contributed by atoms with E-state index in [1.807, 2.05) is 4.90 Å². The van der Waals surface area contributed by atoms with Crippen LogP contribution in [0.15, 0.2) is 18.5 Å². The molecule has 0 radical (unpaired) electrons. The number of amides is 1. The molecule has 0 saturated carbocycles. The van der Waals surface area contributed by atoms with E-state index in [0.29, 0.717) is 45.0 Å². The second kappa shape index (κ2) is 7.11. The minimum absolute atomic E-state index is 0.0664. The number of fused-ring (bicyclic) bond motifs is 1. The summed E-state index contributed by atoms with van der Waals surface area (Å²) in [5.41, 5.74) is -0.597. The van der Waals surface area contributed by atoms with E-state index in [4.69, 9.17) is 0 Å². The third-order valence-corrected chi connectivity index (χ3v) is 7.42. The van der Waals surface area contributed by atoms with Crippen LogP contribution in [-0.2, 0) is 14.8 Å². The molecular weight excluding hydrogens is 354 g/mol. The van der Waals surface area contributed by atoms with Crippen LogP contribution < -0.4 is 4.90 Å². The van der Waals surface area contributed by atoms with Crippen LogP contribution >= 0.6 is 0 Å². The SMILES string of the molecule is CCS(=O)(=O)N1CCC[C@@]2(C(=O)N(C)C)CN(c3ncccn3)C[C@H]2C1. The minimum atomic E-state index is -3.28. The Labute approximate surface area is 155 Å². The minimum Gasteiger partial charge on any atom is -0.348 e. The average Bonchev–Trinajstić information content (AvgIpc) is 2.90. The maximum absolute atomic E-state index is 13.1. The van der Waals surface area contributed by atoms with E-state index in [9.17, 15) is 13.2 Å². The van der Waals surface area contributed by atoms with Gasteiger partial charge in [0.2, 0.25) is 21.9 Å². The van der Waals surface area contributed by atoms with E-state index in [1.165, 1.54) is 0 Å². The fourth-order valence-electron chi connectivity index (χ4n) is 4.24. The predicted octanol–water partition coefficient (Wildman–Crippen LogP) is 0.433. The molecule has 3 heterocycles. The lowest BCUT2D eigenvalue weighted by molar-refractivity contribution is -0.141. The summed E-state index contributed by atoms with van der Waals surface area (Å²) in [6.45, 7) is 3.63. The molecule has 8 nitrogen and oxygen atoms in total. The van der Waals surface area contributed by atoms with Crippen LogP contribution in [0.5, 0.6) is 0 Å². The summed E-state index contributed by atoms with van der Waals surface area (Å²) in [5, 5.41) is 0. The first kappa shape index (κ1) is 19.0. The van der Waals surface area contributed by atoms with Gasteiger partial charge in [0.25, 0.3) is 0 Å². The predicted molar refractivity (Wildman–Crippen MR) is 99.1 cm³/mol. The Morgan fingerprint density at radius 3 is 2.62 bits per heavy atom. The molecule has 2 fully saturated rings. The van der Waals surface area contributed by atoms with Crippen LogP contribution in [0.2, 0.25) is 0 Å². The molecule has 26 heavy (non-hydrogen) atoms. The zero-order chi connectivity index (χ0) is 18.9. The summed E-state index contributed by atoms with van der Waals surface area (Å²) in [7, 11) is 0.251. The standard InChI is InChI=1S/C17H27N5O3S/c1-4-26(24,25)22-10-5-7-17(15(23)20(2)3)13-21(11-14(17)12-22)16-18-8-6-9-19-16/h6,8-9,14H,4-5,7,10-13H2,1-3H3/t14-,17+/m0/s1. The van der Waals surface area contributed by atoms with Crippen molar-refractivity contribution in [1.82, 2.24) is 19.2 Å². The van der Waals surface area contributed by atoms with Crippen molar-refractivity contribution in [2.45, 2.75) is 19.8 Å². The van der Waals surface area contributed by atoms with Crippen molar-refractivity contribution in [2.24, 2.45) is 11.3 Å². The van der Waals surface area contributed by atoms with Gasteiger partial charge in [-0.15, -0.1) is 0 Å². The van der Waals surface area contributed by atoms with Crippen molar-refractivity contribution in [3.8, 4) is 0 Å². The van der Waals surface area contributed by atoms with E-state index < -0.39 is 15.4 Å². The van der Waals surface area contributed by atoms with Crippen LogP contribution in [0, 0.1) is 11.3 Å². The maximum atomic E-state index is 13.1. The van der Waals surface area contributed by atoms with Crippen molar-refractivity contribution >= 4 is 21.9 Å². The number of aromatic nitrogens is 2. The number of sulfonamides is 1.